The number of nitrogens with zero attached hydrogens (tertiary/aromatic N) is 2. The second-order valence-electron chi connectivity index (χ2n) is 6.61. The Balaban J connectivity index is 1.45. The van der Waals surface area contributed by atoms with E-state index in [0.717, 1.165) is 25.2 Å². The first-order chi connectivity index (χ1) is 12.3. The fourth-order valence-corrected chi connectivity index (χ4v) is 3.56. The topological polar surface area (TPSA) is 29.3 Å². The molecule has 0 aliphatic carbocycles. The van der Waals surface area contributed by atoms with Gasteiger partial charge in [0.05, 0.1) is 5.69 Å². The van der Waals surface area contributed by atoms with Crippen molar-refractivity contribution in [1.82, 2.24) is 9.88 Å². The van der Waals surface area contributed by atoms with Gasteiger partial charge in [-0.15, -0.1) is 0 Å². The number of rotatable bonds is 5. The molecule has 3 nitrogen and oxygen atoms in total. The van der Waals surface area contributed by atoms with Gasteiger partial charge in [-0.3, -0.25) is 4.90 Å². The summed E-state index contributed by atoms with van der Waals surface area (Å²) in [5, 5.41) is 0. The van der Waals surface area contributed by atoms with E-state index in [2.05, 4.69) is 40.2 Å². The van der Waals surface area contributed by atoms with Crippen LogP contribution in [-0.2, 0) is 13.0 Å². The van der Waals surface area contributed by atoms with E-state index in [-0.39, 0.29) is 5.82 Å². The summed E-state index contributed by atoms with van der Waals surface area (Å²) < 4.78 is 18.9. The van der Waals surface area contributed by atoms with Gasteiger partial charge in [-0.2, -0.15) is 0 Å². The largest absolute Gasteiger partial charge is 0.444 e. The van der Waals surface area contributed by atoms with Gasteiger partial charge in [0.1, 0.15) is 12.1 Å². The molecule has 0 N–H and O–H groups in total. The van der Waals surface area contributed by atoms with E-state index in [4.69, 9.17) is 4.42 Å². The fraction of sp³-hybridized carbons (Fsp3) is 0.286. The third-order valence-corrected chi connectivity index (χ3v) is 4.80. The first-order valence-corrected chi connectivity index (χ1v) is 8.76. The number of oxazole rings is 1. The predicted octanol–water partition coefficient (Wildman–Crippen LogP) is 4.69. The standard InChI is InChI=1S/C21H21FN2O/c22-18-9-4-8-17(13-18)21-23-19(15-25-21)14-24-11-5-10-20(24)12-16-6-2-1-3-7-16/h1-4,6-9,13,15,20H,5,10-12,14H2/t20-/m1/s1. The molecule has 0 saturated carbocycles. The van der Waals surface area contributed by atoms with Gasteiger partial charge in [0, 0.05) is 18.2 Å². The molecule has 2 heterocycles. The molecule has 4 rings (SSSR count). The van der Waals surface area contributed by atoms with Crippen molar-refractivity contribution < 1.29 is 8.81 Å². The summed E-state index contributed by atoms with van der Waals surface area (Å²) in [4.78, 5) is 7.02. The van der Waals surface area contributed by atoms with Crippen LogP contribution in [0.25, 0.3) is 11.5 Å². The number of aromatic nitrogens is 1. The summed E-state index contributed by atoms with van der Waals surface area (Å²) in [6.07, 6.45) is 5.18. The molecule has 1 aliphatic rings. The van der Waals surface area contributed by atoms with E-state index in [0.29, 0.717) is 17.5 Å². The van der Waals surface area contributed by atoms with Crippen molar-refractivity contribution in [3.63, 3.8) is 0 Å². The van der Waals surface area contributed by atoms with Gasteiger partial charge in [-0.05, 0) is 49.6 Å². The van der Waals surface area contributed by atoms with Crippen LogP contribution in [-0.4, -0.2) is 22.5 Å². The fourth-order valence-electron chi connectivity index (χ4n) is 3.56. The van der Waals surface area contributed by atoms with Crippen molar-refractivity contribution in [2.24, 2.45) is 0 Å². The van der Waals surface area contributed by atoms with E-state index in [1.54, 1.807) is 12.3 Å². The third-order valence-electron chi connectivity index (χ3n) is 4.80. The Morgan fingerprint density at radius 1 is 1.12 bits per heavy atom. The van der Waals surface area contributed by atoms with Gasteiger partial charge >= 0.3 is 0 Å². The summed E-state index contributed by atoms with van der Waals surface area (Å²) >= 11 is 0. The van der Waals surface area contributed by atoms with Crippen LogP contribution in [0.4, 0.5) is 4.39 Å². The highest BCUT2D eigenvalue weighted by atomic mass is 19.1. The van der Waals surface area contributed by atoms with Crippen LogP contribution in [0.5, 0.6) is 0 Å². The number of benzene rings is 2. The first kappa shape index (κ1) is 16.0. The van der Waals surface area contributed by atoms with Crippen molar-refractivity contribution in [2.75, 3.05) is 6.54 Å². The Hall–Kier alpha value is -2.46. The van der Waals surface area contributed by atoms with Crippen molar-refractivity contribution in [1.29, 1.82) is 0 Å². The molecule has 0 bridgehead atoms. The van der Waals surface area contributed by atoms with Crippen LogP contribution < -0.4 is 0 Å². The minimum atomic E-state index is -0.278. The summed E-state index contributed by atoms with van der Waals surface area (Å²) in [7, 11) is 0. The zero-order valence-corrected chi connectivity index (χ0v) is 14.1. The average molecular weight is 336 g/mol. The van der Waals surface area contributed by atoms with E-state index in [1.807, 2.05) is 6.07 Å². The molecule has 4 heteroatoms. The molecule has 1 aromatic heterocycles. The van der Waals surface area contributed by atoms with Gasteiger partial charge in [0.25, 0.3) is 0 Å². The molecule has 0 unspecified atom stereocenters. The van der Waals surface area contributed by atoms with Gasteiger partial charge < -0.3 is 4.42 Å². The van der Waals surface area contributed by atoms with Crippen LogP contribution in [0.3, 0.4) is 0 Å². The van der Waals surface area contributed by atoms with E-state index in [9.17, 15) is 4.39 Å². The Morgan fingerprint density at radius 2 is 2.00 bits per heavy atom. The monoisotopic (exact) mass is 336 g/mol. The van der Waals surface area contributed by atoms with Crippen molar-refractivity contribution in [3.05, 3.63) is 77.9 Å². The minimum Gasteiger partial charge on any atom is -0.444 e. The molecule has 3 aromatic rings. The maximum absolute atomic E-state index is 13.4. The van der Waals surface area contributed by atoms with Crippen LogP contribution in [0.15, 0.2) is 65.3 Å². The molecule has 0 spiro atoms. The minimum absolute atomic E-state index is 0.278. The second kappa shape index (κ2) is 7.19. The molecule has 2 aromatic carbocycles. The molecule has 0 radical (unpaired) electrons. The molecule has 1 saturated heterocycles. The Morgan fingerprint density at radius 3 is 2.84 bits per heavy atom. The maximum Gasteiger partial charge on any atom is 0.226 e. The lowest BCUT2D eigenvalue weighted by Crippen LogP contribution is -2.30. The highest BCUT2D eigenvalue weighted by Gasteiger charge is 2.25. The van der Waals surface area contributed by atoms with E-state index < -0.39 is 0 Å². The maximum atomic E-state index is 13.4. The van der Waals surface area contributed by atoms with Crippen molar-refractivity contribution in [3.8, 4) is 11.5 Å². The SMILES string of the molecule is Fc1cccc(-c2nc(CN3CCC[C@@H]3Cc3ccccc3)co2)c1. The second-order valence-corrected chi connectivity index (χ2v) is 6.61. The normalized spacial score (nSPS) is 17.9. The average Bonchev–Trinajstić information content (AvgIpc) is 3.26. The molecule has 1 atom stereocenters. The summed E-state index contributed by atoms with van der Waals surface area (Å²) in [6.45, 7) is 1.86. The molecular weight excluding hydrogens is 315 g/mol. The highest BCUT2D eigenvalue weighted by Crippen LogP contribution is 2.25. The molecular formula is C21H21FN2O. The zero-order valence-electron chi connectivity index (χ0n) is 14.1. The summed E-state index contributed by atoms with van der Waals surface area (Å²) in [6, 6.07) is 17.5. The summed E-state index contributed by atoms with van der Waals surface area (Å²) in [5.41, 5.74) is 2.95. The number of hydrogen-bond donors (Lipinski definition) is 0. The lowest BCUT2D eigenvalue weighted by molar-refractivity contribution is 0.241. The highest BCUT2D eigenvalue weighted by molar-refractivity contribution is 5.52. The molecule has 0 amide bonds. The van der Waals surface area contributed by atoms with Crippen LogP contribution in [0, 0.1) is 5.82 Å². The van der Waals surface area contributed by atoms with Crippen molar-refractivity contribution >= 4 is 0 Å². The van der Waals surface area contributed by atoms with Crippen LogP contribution in [0.2, 0.25) is 0 Å². The van der Waals surface area contributed by atoms with E-state index >= 15 is 0 Å². The molecule has 1 fully saturated rings. The first-order valence-electron chi connectivity index (χ1n) is 8.76. The van der Waals surface area contributed by atoms with Crippen molar-refractivity contribution in [2.45, 2.75) is 31.8 Å². The Labute approximate surface area is 147 Å². The number of likely N-dealkylation sites (tertiary alicyclic amines) is 1. The Bertz CT molecular complexity index is 831. The van der Waals surface area contributed by atoms with Crippen LogP contribution >= 0.6 is 0 Å². The molecule has 128 valence electrons. The zero-order chi connectivity index (χ0) is 17.1. The van der Waals surface area contributed by atoms with Gasteiger partial charge in [0.2, 0.25) is 5.89 Å². The molecule has 1 aliphatic heterocycles. The smallest absolute Gasteiger partial charge is 0.226 e. The van der Waals surface area contributed by atoms with Gasteiger partial charge in [0.15, 0.2) is 0 Å². The third kappa shape index (κ3) is 3.80. The molecule has 25 heavy (non-hydrogen) atoms. The van der Waals surface area contributed by atoms with E-state index in [1.165, 1.54) is 30.5 Å². The van der Waals surface area contributed by atoms with Crippen LogP contribution in [0.1, 0.15) is 24.1 Å². The quantitative estimate of drug-likeness (QED) is 0.677. The number of hydrogen-bond acceptors (Lipinski definition) is 3. The van der Waals surface area contributed by atoms with Gasteiger partial charge in [-0.1, -0.05) is 36.4 Å². The number of halogens is 1. The van der Waals surface area contributed by atoms with Gasteiger partial charge in [-0.25, -0.2) is 9.37 Å². The predicted molar refractivity (Wildman–Crippen MR) is 95.5 cm³/mol. The summed E-state index contributed by atoms with van der Waals surface area (Å²) in [5.74, 6) is 0.202. The lowest BCUT2D eigenvalue weighted by atomic mass is 10.0. The Kier molecular flexibility index (Phi) is 4.61. The lowest BCUT2D eigenvalue weighted by Gasteiger charge is -2.23.